The SMILES string of the molecule is CCCC(=O)O[C@H]1CCCC[C@@H]1Cc1ccc(OCCNC(=O)OCC)cc1. The number of rotatable bonds is 10. The van der Waals surface area contributed by atoms with Gasteiger partial charge in [-0.2, -0.15) is 0 Å². The van der Waals surface area contributed by atoms with Crippen molar-refractivity contribution < 1.29 is 23.8 Å². The molecule has 1 aromatic carbocycles. The van der Waals surface area contributed by atoms with Crippen LogP contribution < -0.4 is 10.1 Å². The molecule has 1 N–H and O–H groups in total. The molecule has 0 aromatic heterocycles. The lowest BCUT2D eigenvalue weighted by Crippen LogP contribution is -2.31. The van der Waals surface area contributed by atoms with Crippen LogP contribution in [0.3, 0.4) is 0 Å². The van der Waals surface area contributed by atoms with Gasteiger partial charge in [-0.05, 0) is 62.6 Å². The molecule has 6 heteroatoms. The Morgan fingerprint density at radius 3 is 2.57 bits per heavy atom. The number of carbonyl (C=O) groups excluding carboxylic acids is 2. The fourth-order valence-electron chi connectivity index (χ4n) is 3.52. The van der Waals surface area contributed by atoms with E-state index in [9.17, 15) is 9.59 Å². The highest BCUT2D eigenvalue weighted by Gasteiger charge is 2.28. The summed E-state index contributed by atoms with van der Waals surface area (Å²) in [7, 11) is 0. The summed E-state index contributed by atoms with van der Waals surface area (Å²) in [6.45, 7) is 4.90. The summed E-state index contributed by atoms with van der Waals surface area (Å²) in [6, 6.07) is 8.02. The van der Waals surface area contributed by atoms with Crippen LogP contribution in [0.1, 0.15) is 57.9 Å². The van der Waals surface area contributed by atoms with Gasteiger partial charge in [-0.1, -0.05) is 25.5 Å². The molecule has 2 atom stereocenters. The van der Waals surface area contributed by atoms with Crippen LogP contribution in [0.4, 0.5) is 4.79 Å². The molecule has 28 heavy (non-hydrogen) atoms. The van der Waals surface area contributed by atoms with E-state index >= 15 is 0 Å². The number of benzene rings is 1. The number of ether oxygens (including phenoxy) is 3. The van der Waals surface area contributed by atoms with Gasteiger partial charge in [0.1, 0.15) is 18.5 Å². The van der Waals surface area contributed by atoms with Gasteiger partial charge in [0.05, 0.1) is 13.2 Å². The Bertz CT molecular complexity index is 601. The molecule has 0 radical (unpaired) electrons. The molecular formula is C22H33NO5. The number of esters is 1. The predicted molar refractivity (Wildman–Crippen MR) is 107 cm³/mol. The summed E-state index contributed by atoms with van der Waals surface area (Å²) < 4.78 is 16.2. The minimum Gasteiger partial charge on any atom is -0.492 e. The quantitative estimate of drug-likeness (QED) is 0.477. The van der Waals surface area contributed by atoms with Crippen molar-refractivity contribution in [2.24, 2.45) is 5.92 Å². The molecule has 0 saturated heterocycles. The van der Waals surface area contributed by atoms with Crippen molar-refractivity contribution in [3.05, 3.63) is 29.8 Å². The number of hydrogen-bond acceptors (Lipinski definition) is 5. The Labute approximate surface area is 167 Å². The standard InChI is InChI=1S/C22H33NO5/c1-3-7-21(24)28-20-9-6-5-8-18(20)16-17-10-12-19(13-11-17)27-15-14-23-22(25)26-4-2/h10-13,18,20H,3-9,14-16H2,1-2H3,(H,23,25)/t18-,20+/m1/s1. The number of carbonyl (C=O) groups is 2. The van der Waals surface area contributed by atoms with Crippen molar-refractivity contribution >= 4 is 12.1 Å². The molecule has 6 nitrogen and oxygen atoms in total. The topological polar surface area (TPSA) is 73.9 Å². The second kappa shape index (κ2) is 12.3. The van der Waals surface area contributed by atoms with Crippen molar-refractivity contribution in [2.75, 3.05) is 19.8 Å². The molecular weight excluding hydrogens is 358 g/mol. The fraction of sp³-hybridized carbons (Fsp3) is 0.636. The molecule has 0 spiro atoms. The Hall–Kier alpha value is -2.24. The highest BCUT2D eigenvalue weighted by Crippen LogP contribution is 2.30. The van der Waals surface area contributed by atoms with Crippen LogP contribution in [-0.2, 0) is 20.7 Å². The molecule has 0 heterocycles. The largest absolute Gasteiger partial charge is 0.492 e. The molecule has 1 fully saturated rings. The molecule has 0 unspecified atom stereocenters. The highest BCUT2D eigenvalue weighted by molar-refractivity contribution is 5.69. The van der Waals surface area contributed by atoms with Gasteiger partial charge in [-0.3, -0.25) is 4.79 Å². The zero-order chi connectivity index (χ0) is 20.2. The van der Waals surface area contributed by atoms with E-state index < -0.39 is 6.09 Å². The minimum atomic E-state index is -0.428. The maximum absolute atomic E-state index is 11.9. The van der Waals surface area contributed by atoms with Crippen molar-refractivity contribution in [2.45, 2.75) is 64.9 Å². The fourth-order valence-corrected chi connectivity index (χ4v) is 3.52. The van der Waals surface area contributed by atoms with Crippen LogP contribution in [0.25, 0.3) is 0 Å². The Balaban J connectivity index is 1.78. The van der Waals surface area contributed by atoms with Gasteiger partial charge in [0.2, 0.25) is 0 Å². The zero-order valence-electron chi connectivity index (χ0n) is 17.1. The van der Waals surface area contributed by atoms with Gasteiger partial charge < -0.3 is 19.5 Å². The first-order valence-electron chi connectivity index (χ1n) is 10.4. The molecule has 1 aromatic rings. The average molecular weight is 392 g/mol. The van der Waals surface area contributed by atoms with E-state index in [0.29, 0.717) is 32.1 Å². The molecule has 1 aliphatic rings. The van der Waals surface area contributed by atoms with Crippen LogP contribution in [0.5, 0.6) is 5.75 Å². The number of nitrogens with one attached hydrogen (secondary N) is 1. The molecule has 1 amide bonds. The molecule has 1 saturated carbocycles. The van der Waals surface area contributed by atoms with Crippen LogP contribution >= 0.6 is 0 Å². The highest BCUT2D eigenvalue weighted by atomic mass is 16.5. The lowest BCUT2D eigenvalue weighted by atomic mass is 9.82. The van der Waals surface area contributed by atoms with E-state index in [1.807, 2.05) is 19.1 Å². The van der Waals surface area contributed by atoms with E-state index in [0.717, 1.165) is 37.9 Å². The van der Waals surface area contributed by atoms with E-state index in [-0.39, 0.29) is 12.1 Å². The lowest BCUT2D eigenvalue weighted by Gasteiger charge is -2.31. The van der Waals surface area contributed by atoms with Gasteiger partial charge in [0.15, 0.2) is 0 Å². The lowest BCUT2D eigenvalue weighted by molar-refractivity contribution is -0.153. The summed E-state index contributed by atoms with van der Waals surface area (Å²) in [5.41, 5.74) is 1.22. The smallest absolute Gasteiger partial charge is 0.407 e. The summed E-state index contributed by atoms with van der Waals surface area (Å²) >= 11 is 0. The van der Waals surface area contributed by atoms with Crippen LogP contribution in [0.2, 0.25) is 0 Å². The summed E-state index contributed by atoms with van der Waals surface area (Å²) in [6.07, 6.45) is 6.24. The van der Waals surface area contributed by atoms with E-state index in [2.05, 4.69) is 17.4 Å². The van der Waals surface area contributed by atoms with Gasteiger partial charge in [0.25, 0.3) is 0 Å². The molecule has 156 valence electrons. The molecule has 2 rings (SSSR count). The Morgan fingerprint density at radius 1 is 1.11 bits per heavy atom. The second-order valence-electron chi connectivity index (χ2n) is 7.17. The first kappa shape index (κ1) is 22.1. The van der Waals surface area contributed by atoms with E-state index in [1.54, 1.807) is 6.92 Å². The van der Waals surface area contributed by atoms with Gasteiger partial charge in [-0.25, -0.2) is 4.79 Å². The number of amides is 1. The van der Waals surface area contributed by atoms with E-state index in [4.69, 9.17) is 14.2 Å². The van der Waals surface area contributed by atoms with Crippen LogP contribution in [0, 0.1) is 5.92 Å². The van der Waals surface area contributed by atoms with Crippen molar-refractivity contribution in [3.8, 4) is 5.75 Å². The molecule has 1 aliphatic carbocycles. The van der Waals surface area contributed by atoms with Crippen molar-refractivity contribution in [1.82, 2.24) is 5.32 Å². The zero-order valence-corrected chi connectivity index (χ0v) is 17.1. The Morgan fingerprint density at radius 2 is 1.86 bits per heavy atom. The maximum atomic E-state index is 11.9. The summed E-state index contributed by atoms with van der Waals surface area (Å²) in [4.78, 5) is 23.1. The average Bonchev–Trinajstić information content (AvgIpc) is 2.68. The third-order valence-electron chi connectivity index (χ3n) is 4.91. The maximum Gasteiger partial charge on any atom is 0.407 e. The van der Waals surface area contributed by atoms with E-state index in [1.165, 1.54) is 12.0 Å². The third-order valence-corrected chi connectivity index (χ3v) is 4.91. The molecule has 0 bridgehead atoms. The molecule has 0 aliphatic heterocycles. The summed E-state index contributed by atoms with van der Waals surface area (Å²) in [5.74, 6) is 1.08. The number of hydrogen-bond donors (Lipinski definition) is 1. The Kier molecular flexibility index (Phi) is 9.66. The van der Waals surface area contributed by atoms with Crippen molar-refractivity contribution in [3.63, 3.8) is 0 Å². The monoisotopic (exact) mass is 391 g/mol. The van der Waals surface area contributed by atoms with Gasteiger partial charge in [0, 0.05) is 6.42 Å². The first-order valence-corrected chi connectivity index (χ1v) is 10.4. The normalized spacial score (nSPS) is 18.9. The first-order chi connectivity index (χ1) is 13.6. The van der Waals surface area contributed by atoms with Crippen LogP contribution in [0.15, 0.2) is 24.3 Å². The second-order valence-corrected chi connectivity index (χ2v) is 7.17. The van der Waals surface area contributed by atoms with Gasteiger partial charge in [-0.15, -0.1) is 0 Å². The van der Waals surface area contributed by atoms with Crippen LogP contribution in [-0.4, -0.2) is 37.9 Å². The number of alkyl carbamates (subject to hydrolysis) is 1. The van der Waals surface area contributed by atoms with Crippen molar-refractivity contribution in [1.29, 1.82) is 0 Å². The predicted octanol–water partition coefficient (Wildman–Crippen LogP) is 4.26. The third kappa shape index (κ3) is 7.79. The summed E-state index contributed by atoms with van der Waals surface area (Å²) in [5, 5.41) is 2.62. The minimum absolute atomic E-state index is 0.0395. The van der Waals surface area contributed by atoms with Gasteiger partial charge >= 0.3 is 12.1 Å².